The van der Waals surface area contributed by atoms with E-state index < -0.39 is 6.29 Å². The van der Waals surface area contributed by atoms with Crippen molar-refractivity contribution in [2.75, 3.05) is 13.2 Å². The first-order valence-corrected chi connectivity index (χ1v) is 8.67. The van der Waals surface area contributed by atoms with Crippen LogP contribution in [0.4, 0.5) is 0 Å². The number of ether oxygens (including phenoxy) is 2. The average Bonchev–Trinajstić information content (AvgIpc) is 3.05. The second-order valence-corrected chi connectivity index (χ2v) is 5.87. The Balaban J connectivity index is 1.47. The normalized spacial score (nSPS) is 12.4. The molecule has 0 aliphatic rings. The topological polar surface area (TPSA) is 56.5 Å². The molecule has 1 heterocycles. The number of nitrogens with zero attached hydrogens (tertiary/aromatic N) is 2. The van der Waals surface area contributed by atoms with Crippen LogP contribution in [0.5, 0.6) is 5.75 Å². The first-order chi connectivity index (χ1) is 12.3. The lowest BCUT2D eigenvalue weighted by Crippen LogP contribution is -2.12. The molecule has 1 aromatic heterocycles. The molecule has 0 bridgehead atoms. The van der Waals surface area contributed by atoms with Crippen LogP contribution < -0.4 is 4.74 Å². The van der Waals surface area contributed by atoms with E-state index in [0.717, 1.165) is 35.3 Å². The number of hydrogen-bond acceptors (Lipinski definition) is 4. The highest BCUT2D eigenvalue weighted by molar-refractivity contribution is 5.74. The Kier molecular flexibility index (Phi) is 6.04. The van der Waals surface area contributed by atoms with E-state index >= 15 is 0 Å². The number of hydrogen-bond donors (Lipinski definition) is 1. The van der Waals surface area contributed by atoms with E-state index in [0.29, 0.717) is 19.6 Å². The van der Waals surface area contributed by atoms with Gasteiger partial charge in [0.1, 0.15) is 12.4 Å². The highest BCUT2D eigenvalue weighted by Gasteiger charge is 2.04. The summed E-state index contributed by atoms with van der Waals surface area (Å²) in [4.78, 5) is 4.38. The molecule has 3 aromatic rings. The lowest BCUT2D eigenvalue weighted by molar-refractivity contribution is -0.0980. The molecule has 0 saturated heterocycles. The lowest BCUT2D eigenvalue weighted by atomic mass is 10.1. The molecule has 1 unspecified atom stereocenters. The predicted octanol–water partition coefficient (Wildman–Crippen LogP) is 3.40. The van der Waals surface area contributed by atoms with Crippen LogP contribution >= 0.6 is 0 Å². The van der Waals surface area contributed by atoms with Gasteiger partial charge in [-0.15, -0.1) is 0 Å². The third-order valence-electron chi connectivity index (χ3n) is 4.09. The fourth-order valence-electron chi connectivity index (χ4n) is 2.77. The molecule has 25 heavy (non-hydrogen) atoms. The fourth-order valence-corrected chi connectivity index (χ4v) is 2.77. The monoisotopic (exact) mass is 340 g/mol. The van der Waals surface area contributed by atoms with Crippen molar-refractivity contribution in [3.63, 3.8) is 0 Å². The summed E-state index contributed by atoms with van der Waals surface area (Å²) in [7, 11) is 0. The zero-order valence-electron chi connectivity index (χ0n) is 14.5. The number of aliphatic hydroxyl groups is 1. The summed E-state index contributed by atoms with van der Waals surface area (Å²) in [6, 6.07) is 16.1. The van der Waals surface area contributed by atoms with Crippen LogP contribution in [-0.4, -0.2) is 34.2 Å². The van der Waals surface area contributed by atoms with Crippen LogP contribution in [0, 0.1) is 0 Å². The second kappa shape index (κ2) is 8.65. The molecule has 3 rings (SSSR count). The molecule has 0 fully saturated rings. The average molecular weight is 340 g/mol. The van der Waals surface area contributed by atoms with Crippen LogP contribution in [-0.2, 0) is 17.7 Å². The van der Waals surface area contributed by atoms with Gasteiger partial charge in [-0.05, 0) is 43.2 Å². The molecule has 1 atom stereocenters. The van der Waals surface area contributed by atoms with Crippen molar-refractivity contribution in [2.45, 2.75) is 32.6 Å². The number of rotatable bonds is 9. The van der Waals surface area contributed by atoms with E-state index in [-0.39, 0.29) is 0 Å². The quantitative estimate of drug-likeness (QED) is 0.607. The van der Waals surface area contributed by atoms with Crippen molar-refractivity contribution in [1.29, 1.82) is 0 Å². The molecule has 0 amide bonds. The van der Waals surface area contributed by atoms with Crippen LogP contribution in [0.25, 0.3) is 11.0 Å². The van der Waals surface area contributed by atoms with Gasteiger partial charge in [0.25, 0.3) is 0 Å². The van der Waals surface area contributed by atoms with Crippen LogP contribution in [0.1, 0.15) is 18.9 Å². The van der Waals surface area contributed by atoms with Gasteiger partial charge < -0.3 is 19.1 Å². The van der Waals surface area contributed by atoms with Crippen molar-refractivity contribution >= 4 is 11.0 Å². The molecule has 0 radical (unpaired) electrons. The minimum Gasteiger partial charge on any atom is -0.492 e. The lowest BCUT2D eigenvalue weighted by Gasteiger charge is -2.11. The summed E-state index contributed by atoms with van der Waals surface area (Å²) < 4.78 is 13.1. The fraction of sp³-hybridized carbons (Fsp3) is 0.350. The Morgan fingerprint density at radius 3 is 2.72 bits per heavy atom. The van der Waals surface area contributed by atoms with Gasteiger partial charge in [0.2, 0.25) is 0 Å². The Labute approximate surface area is 147 Å². The maximum Gasteiger partial charge on any atom is 0.154 e. The number of para-hydroxylation sites is 2. The predicted molar refractivity (Wildman–Crippen MR) is 97.6 cm³/mol. The van der Waals surface area contributed by atoms with Crippen LogP contribution in [0.2, 0.25) is 0 Å². The number of benzene rings is 2. The molecule has 0 saturated carbocycles. The first kappa shape index (κ1) is 17.5. The zero-order chi connectivity index (χ0) is 17.5. The number of fused-ring (bicyclic) bond motifs is 1. The van der Waals surface area contributed by atoms with Crippen molar-refractivity contribution in [2.24, 2.45) is 0 Å². The molecule has 0 aliphatic carbocycles. The van der Waals surface area contributed by atoms with E-state index in [9.17, 15) is 5.11 Å². The first-order valence-electron chi connectivity index (χ1n) is 8.67. The van der Waals surface area contributed by atoms with Gasteiger partial charge >= 0.3 is 0 Å². The summed E-state index contributed by atoms with van der Waals surface area (Å²) in [6.07, 6.45) is 2.54. The molecule has 132 valence electrons. The van der Waals surface area contributed by atoms with Crippen LogP contribution in [0.3, 0.4) is 0 Å². The van der Waals surface area contributed by atoms with E-state index in [4.69, 9.17) is 9.47 Å². The minimum absolute atomic E-state index is 0.528. The molecule has 0 aliphatic heterocycles. The summed E-state index contributed by atoms with van der Waals surface area (Å²) in [5.74, 6) is 0.846. The number of aryl methyl sites for hydroxylation is 1. The van der Waals surface area contributed by atoms with Crippen LogP contribution in [0.15, 0.2) is 54.9 Å². The summed E-state index contributed by atoms with van der Waals surface area (Å²) in [5, 5.41) is 9.59. The van der Waals surface area contributed by atoms with Gasteiger partial charge in [-0.1, -0.05) is 24.3 Å². The number of imidazole rings is 1. The largest absolute Gasteiger partial charge is 0.492 e. The van der Waals surface area contributed by atoms with E-state index in [2.05, 4.69) is 15.6 Å². The van der Waals surface area contributed by atoms with E-state index in [1.165, 1.54) is 0 Å². The van der Waals surface area contributed by atoms with Gasteiger partial charge in [0.05, 0.1) is 23.9 Å². The third kappa shape index (κ3) is 4.81. The molecule has 2 aromatic carbocycles. The van der Waals surface area contributed by atoms with Gasteiger partial charge in [-0.25, -0.2) is 4.98 Å². The maximum atomic E-state index is 9.59. The molecule has 1 N–H and O–H groups in total. The smallest absolute Gasteiger partial charge is 0.154 e. The van der Waals surface area contributed by atoms with E-state index in [1.807, 2.05) is 55.7 Å². The summed E-state index contributed by atoms with van der Waals surface area (Å²) in [5.41, 5.74) is 3.28. The Bertz CT molecular complexity index is 783. The van der Waals surface area contributed by atoms with Gasteiger partial charge in [0.15, 0.2) is 6.29 Å². The SMILES string of the molecule is CCOC(O)CCc1ccc(OCCn2cnc3ccccc32)cc1. The Hall–Kier alpha value is -2.37. The Morgan fingerprint density at radius 1 is 1.12 bits per heavy atom. The molecule has 5 nitrogen and oxygen atoms in total. The summed E-state index contributed by atoms with van der Waals surface area (Å²) >= 11 is 0. The standard InChI is InChI=1S/C20H24N2O3/c1-2-24-20(23)12-9-16-7-10-17(11-8-16)25-14-13-22-15-21-18-5-3-4-6-19(18)22/h3-8,10-11,15,20,23H,2,9,12-14H2,1H3. The molecular weight excluding hydrogens is 316 g/mol. The highest BCUT2D eigenvalue weighted by Crippen LogP contribution is 2.15. The van der Waals surface area contributed by atoms with Crippen molar-refractivity contribution < 1.29 is 14.6 Å². The summed E-state index contributed by atoms with van der Waals surface area (Å²) in [6.45, 7) is 3.74. The maximum absolute atomic E-state index is 9.59. The van der Waals surface area contributed by atoms with E-state index in [1.54, 1.807) is 0 Å². The number of aromatic nitrogens is 2. The Morgan fingerprint density at radius 2 is 1.92 bits per heavy atom. The molecule has 5 heteroatoms. The van der Waals surface area contributed by atoms with Crippen molar-refractivity contribution in [3.8, 4) is 5.75 Å². The number of aliphatic hydroxyl groups excluding tert-OH is 1. The molecule has 0 spiro atoms. The molecular formula is C20H24N2O3. The highest BCUT2D eigenvalue weighted by atomic mass is 16.6. The zero-order valence-corrected chi connectivity index (χ0v) is 14.5. The van der Waals surface area contributed by atoms with Gasteiger partial charge in [-0.3, -0.25) is 0 Å². The van der Waals surface area contributed by atoms with Crippen molar-refractivity contribution in [3.05, 3.63) is 60.4 Å². The second-order valence-electron chi connectivity index (χ2n) is 5.87. The van der Waals surface area contributed by atoms with Gasteiger partial charge in [0, 0.05) is 13.0 Å². The van der Waals surface area contributed by atoms with Gasteiger partial charge in [-0.2, -0.15) is 0 Å². The third-order valence-corrected chi connectivity index (χ3v) is 4.09. The minimum atomic E-state index is -0.689. The van der Waals surface area contributed by atoms with Crippen molar-refractivity contribution in [1.82, 2.24) is 9.55 Å².